The summed E-state index contributed by atoms with van der Waals surface area (Å²) in [4.78, 5) is 12.4. The van der Waals surface area contributed by atoms with Gasteiger partial charge in [-0.05, 0) is 25.7 Å². The van der Waals surface area contributed by atoms with Crippen LogP contribution in [0.1, 0.15) is 123 Å². The van der Waals surface area contributed by atoms with Gasteiger partial charge in [-0.1, -0.05) is 97.3 Å². The second-order valence-corrected chi connectivity index (χ2v) is 7.92. The zero-order valence-corrected chi connectivity index (χ0v) is 16.6. The topological polar surface area (TPSA) is 29.1 Å². The maximum atomic E-state index is 12.4. The van der Waals surface area contributed by atoms with E-state index >= 15 is 0 Å². The largest absolute Gasteiger partial charge is 0.353 e. The molecule has 2 heteroatoms. The summed E-state index contributed by atoms with van der Waals surface area (Å²) in [5.74, 6) is 0.585. The van der Waals surface area contributed by atoms with Crippen LogP contribution in [0.4, 0.5) is 0 Å². The average molecular weight is 338 g/mol. The molecule has 1 atom stereocenters. The van der Waals surface area contributed by atoms with Crippen molar-refractivity contribution in [3.63, 3.8) is 0 Å². The maximum absolute atomic E-state index is 12.4. The maximum Gasteiger partial charge on any atom is 0.223 e. The third-order valence-corrected chi connectivity index (χ3v) is 5.72. The number of amides is 1. The van der Waals surface area contributed by atoms with Crippen molar-refractivity contribution in [2.45, 2.75) is 129 Å². The first-order valence-electron chi connectivity index (χ1n) is 11.1. The van der Waals surface area contributed by atoms with Crippen LogP contribution >= 0.6 is 0 Å². The van der Waals surface area contributed by atoms with Crippen molar-refractivity contribution in [2.75, 3.05) is 0 Å². The minimum absolute atomic E-state index is 0.251. The molecule has 1 aliphatic carbocycles. The smallest absolute Gasteiger partial charge is 0.223 e. The lowest BCUT2D eigenvalue weighted by molar-refractivity contribution is -0.126. The molecule has 0 spiro atoms. The molecule has 0 bridgehead atoms. The normalized spacial score (nSPS) is 16.9. The number of hydrogen-bond acceptors (Lipinski definition) is 1. The van der Waals surface area contributed by atoms with Crippen molar-refractivity contribution in [2.24, 2.45) is 5.92 Å². The van der Waals surface area contributed by atoms with Crippen molar-refractivity contribution in [3.05, 3.63) is 0 Å². The average Bonchev–Trinajstić information content (AvgIpc) is 2.60. The molecule has 1 aliphatic rings. The second-order valence-electron chi connectivity index (χ2n) is 7.92. The summed E-state index contributed by atoms with van der Waals surface area (Å²) in [6.07, 6.45) is 22.1. The van der Waals surface area contributed by atoms with E-state index in [-0.39, 0.29) is 5.92 Å². The molecule has 1 N–H and O–H groups in total. The van der Waals surface area contributed by atoms with Crippen LogP contribution in [0.3, 0.4) is 0 Å². The standard InChI is InChI=1S/C22H43NO/c1-3-5-6-7-8-9-10-11-12-14-17-20(4-2)22(24)23-21-18-15-13-16-19-21/h20-21H,3-19H2,1-2H3,(H,23,24). The van der Waals surface area contributed by atoms with Crippen LogP contribution in [0.5, 0.6) is 0 Å². The van der Waals surface area contributed by atoms with E-state index in [9.17, 15) is 4.79 Å². The Bertz CT molecular complexity index is 296. The predicted octanol–water partition coefficient (Wildman–Crippen LogP) is 6.77. The highest BCUT2D eigenvalue weighted by Gasteiger charge is 2.20. The summed E-state index contributed by atoms with van der Waals surface area (Å²) in [5, 5.41) is 3.32. The van der Waals surface area contributed by atoms with E-state index in [1.54, 1.807) is 0 Å². The molecule has 0 aromatic heterocycles. The Morgan fingerprint density at radius 2 is 1.38 bits per heavy atom. The molecule has 2 nitrogen and oxygen atoms in total. The molecule has 0 saturated heterocycles. The Hall–Kier alpha value is -0.530. The van der Waals surface area contributed by atoms with Crippen molar-refractivity contribution in [3.8, 4) is 0 Å². The molecule has 1 unspecified atom stereocenters. The minimum atomic E-state index is 0.251. The SMILES string of the molecule is CCCCCCCCCCCCC(CC)C(=O)NC1CCCCC1. The van der Waals surface area contributed by atoms with Crippen molar-refractivity contribution in [1.82, 2.24) is 5.32 Å². The zero-order valence-electron chi connectivity index (χ0n) is 16.6. The van der Waals surface area contributed by atoms with Crippen LogP contribution in [-0.2, 0) is 4.79 Å². The number of carbonyl (C=O) groups excluding carboxylic acids is 1. The summed E-state index contributed by atoms with van der Waals surface area (Å²) < 4.78 is 0. The van der Waals surface area contributed by atoms with E-state index in [0.29, 0.717) is 11.9 Å². The number of nitrogens with one attached hydrogen (secondary N) is 1. The van der Waals surface area contributed by atoms with Gasteiger partial charge in [0.05, 0.1) is 0 Å². The molecule has 0 radical (unpaired) electrons. The first-order chi connectivity index (χ1) is 11.8. The molecule has 0 heterocycles. The molecule has 0 aromatic carbocycles. The van der Waals surface area contributed by atoms with E-state index in [0.717, 1.165) is 12.8 Å². The monoisotopic (exact) mass is 337 g/mol. The summed E-state index contributed by atoms with van der Waals surface area (Å²) in [6.45, 7) is 4.44. The number of unbranched alkanes of at least 4 members (excludes halogenated alkanes) is 9. The molecule has 1 saturated carbocycles. The molecule has 1 rings (SSSR count). The first kappa shape index (κ1) is 21.5. The Balaban J connectivity index is 1.99. The van der Waals surface area contributed by atoms with Crippen LogP contribution in [-0.4, -0.2) is 11.9 Å². The summed E-state index contributed by atoms with van der Waals surface area (Å²) in [6, 6.07) is 0.466. The van der Waals surface area contributed by atoms with E-state index in [4.69, 9.17) is 0 Å². The van der Waals surface area contributed by atoms with Crippen LogP contribution in [0.25, 0.3) is 0 Å². The van der Waals surface area contributed by atoms with E-state index in [1.807, 2.05) is 0 Å². The van der Waals surface area contributed by atoms with Gasteiger partial charge in [-0.25, -0.2) is 0 Å². The number of carbonyl (C=O) groups is 1. The molecule has 0 aromatic rings. The Kier molecular flexibility index (Phi) is 13.3. The van der Waals surface area contributed by atoms with Gasteiger partial charge in [0, 0.05) is 12.0 Å². The van der Waals surface area contributed by atoms with Gasteiger partial charge in [-0.3, -0.25) is 4.79 Å². The van der Waals surface area contributed by atoms with Crippen LogP contribution < -0.4 is 5.32 Å². The van der Waals surface area contributed by atoms with Gasteiger partial charge in [0.1, 0.15) is 0 Å². The Morgan fingerprint density at radius 1 is 0.833 bits per heavy atom. The van der Waals surface area contributed by atoms with Crippen molar-refractivity contribution >= 4 is 5.91 Å². The molecule has 0 aliphatic heterocycles. The number of rotatable bonds is 14. The molecule has 24 heavy (non-hydrogen) atoms. The zero-order chi connectivity index (χ0) is 17.5. The van der Waals surface area contributed by atoms with Crippen LogP contribution in [0, 0.1) is 5.92 Å². The van der Waals surface area contributed by atoms with Gasteiger partial charge >= 0.3 is 0 Å². The van der Waals surface area contributed by atoms with Crippen LogP contribution in [0.2, 0.25) is 0 Å². The highest BCUT2D eigenvalue weighted by Crippen LogP contribution is 2.20. The molecule has 142 valence electrons. The fourth-order valence-electron chi connectivity index (χ4n) is 3.96. The lowest BCUT2D eigenvalue weighted by atomic mass is 9.93. The van der Waals surface area contributed by atoms with E-state index in [2.05, 4.69) is 19.2 Å². The molecule has 1 fully saturated rings. The van der Waals surface area contributed by atoms with E-state index in [1.165, 1.54) is 96.3 Å². The lowest BCUT2D eigenvalue weighted by Gasteiger charge is -2.25. The third kappa shape index (κ3) is 10.4. The summed E-state index contributed by atoms with van der Waals surface area (Å²) in [5.41, 5.74) is 0. The Morgan fingerprint density at radius 3 is 1.92 bits per heavy atom. The van der Waals surface area contributed by atoms with Gasteiger partial charge in [-0.2, -0.15) is 0 Å². The minimum Gasteiger partial charge on any atom is -0.353 e. The van der Waals surface area contributed by atoms with Gasteiger partial charge in [0.25, 0.3) is 0 Å². The Labute approximate surface area is 151 Å². The van der Waals surface area contributed by atoms with Crippen molar-refractivity contribution in [1.29, 1.82) is 0 Å². The van der Waals surface area contributed by atoms with Gasteiger partial charge in [0.2, 0.25) is 5.91 Å². The molecular weight excluding hydrogens is 294 g/mol. The highest BCUT2D eigenvalue weighted by molar-refractivity contribution is 5.78. The van der Waals surface area contributed by atoms with Gasteiger partial charge in [0.15, 0.2) is 0 Å². The molecular formula is C22H43NO. The number of hydrogen-bond donors (Lipinski definition) is 1. The quantitative estimate of drug-likeness (QED) is 0.348. The van der Waals surface area contributed by atoms with Crippen LogP contribution in [0.15, 0.2) is 0 Å². The van der Waals surface area contributed by atoms with Gasteiger partial charge in [-0.15, -0.1) is 0 Å². The molecule has 1 amide bonds. The highest BCUT2D eigenvalue weighted by atomic mass is 16.1. The van der Waals surface area contributed by atoms with Crippen molar-refractivity contribution < 1.29 is 4.79 Å². The first-order valence-corrected chi connectivity index (χ1v) is 11.1. The predicted molar refractivity (Wildman–Crippen MR) is 105 cm³/mol. The summed E-state index contributed by atoms with van der Waals surface area (Å²) in [7, 11) is 0. The van der Waals surface area contributed by atoms with E-state index < -0.39 is 0 Å². The van der Waals surface area contributed by atoms with Gasteiger partial charge < -0.3 is 5.32 Å². The third-order valence-electron chi connectivity index (χ3n) is 5.72. The fraction of sp³-hybridized carbons (Fsp3) is 0.955. The fourth-order valence-corrected chi connectivity index (χ4v) is 3.96. The lowest BCUT2D eigenvalue weighted by Crippen LogP contribution is -2.39. The second kappa shape index (κ2) is 14.8. The summed E-state index contributed by atoms with van der Waals surface area (Å²) >= 11 is 0.